The molecule has 0 aliphatic rings. The van der Waals surface area contributed by atoms with Crippen molar-refractivity contribution >= 4 is 27.5 Å². The van der Waals surface area contributed by atoms with Gasteiger partial charge in [0.1, 0.15) is 24.1 Å². The summed E-state index contributed by atoms with van der Waals surface area (Å²) in [5.74, 6) is 0.384. The average molecular weight is 600 g/mol. The van der Waals surface area contributed by atoms with E-state index in [4.69, 9.17) is 4.74 Å². The van der Waals surface area contributed by atoms with Crippen molar-refractivity contribution in [1.82, 2.24) is 10.2 Å². The zero-order valence-electron chi connectivity index (χ0n) is 24.4. The van der Waals surface area contributed by atoms with Crippen LogP contribution in [0.5, 0.6) is 11.5 Å². The Balaban J connectivity index is 1.64. The van der Waals surface area contributed by atoms with Gasteiger partial charge in [-0.05, 0) is 73.9 Å². The van der Waals surface area contributed by atoms with Crippen molar-refractivity contribution in [2.24, 2.45) is 0 Å². The Morgan fingerprint density at radius 3 is 1.95 bits per heavy atom. The first kappa shape index (κ1) is 31.3. The lowest BCUT2D eigenvalue weighted by Crippen LogP contribution is -2.52. The fourth-order valence-electron chi connectivity index (χ4n) is 4.52. The van der Waals surface area contributed by atoms with Crippen LogP contribution < -0.4 is 14.4 Å². The number of carbonyl (C=O) groups is 2. The predicted octanol–water partition coefficient (Wildman–Crippen LogP) is 5.66. The van der Waals surface area contributed by atoms with E-state index >= 15 is 0 Å². The van der Waals surface area contributed by atoms with Crippen LogP contribution in [0.3, 0.4) is 0 Å². The number of sulfonamides is 1. The fraction of sp³-hybridized carbons (Fsp3) is 0.235. The molecule has 0 aliphatic carbocycles. The van der Waals surface area contributed by atoms with Gasteiger partial charge in [0.2, 0.25) is 11.8 Å². The van der Waals surface area contributed by atoms with Gasteiger partial charge in [-0.2, -0.15) is 0 Å². The number of carbonyl (C=O) groups excluding carboxylic acids is 2. The molecule has 224 valence electrons. The molecule has 0 fully saturated rings. The van der Waals surface area contributed by atoms with E-state index in [1.165, 1.54) is 17.0 Å². The first-order chi connectivity index (χ1) is 20.8. The zero-order chi connectivity index (χ0) is 30.7. The third kappa shape index (κ3) is 8.45. The topological polar surface area (TPSA) is 96.0 Å². The number of anilines is 1. The number of para-hydroxylation sites is 1. The highest BCUT2D eigenvalue weighted by atomic mass is 32.2. The van der Waals surface area contributed by atoms with Crippen LogP contribution in [0.25, 0.3) is 0 Å². The molecule has 0 saturated heterocycles. The molecule has 0 saturated carbocycles. The lowest BCUT2D eigenvalue weighted by atomic mass is 10.1. The Morgan fingerprint density at radius 2 is 1.35 bits per heavy atom. The molecule has 1 N–H and O–H groups in total. The lowest BCUT2D eigenvalue weighted by Gasteiger charge is -2.32. The summed E-state index contributed by atoms with van der Waals surface area (Å²) in [7, 11) is -4.14. The monoisotopic (exact) mass is 599 g/mol. The quantitative estimate of drug-likeness (QED) is 0.202. The highest BCUT2D eigenvalue weighted by Crippen LogP contribution is 2.28. The maximum atomic E-state index is 14.0. The van der Waals surface area contributed by atoms with Gasteiger partial charge in [-0.3, -0.25) is 13.9 Å². The predicted molar refractivity (Wildman–Crippen MR) is 169 cm³/mol. The summed E-state index contributed by atoms with van der Waals surface area (Å²) < 4.78 is 34.8. The van der Waals surface area contributed by atoms with E-state index in [0.29, 0.717) is 30.2 Å². The van der Waals surface area contributed by atoms with Crippen LogP contribution in [0, 0.1) is 0 Å². The minimum absolute atomic E-state index is 0.0528. The van der Waals surface area contributed by atoms with Gasteiger partial charge >= 0.3 is 0 Å². The summed E-state index contributed by atoms with van der Waals surface area (Å²) in [5, 5.41) is 2.85. The lowest BCUT2D eigenvalue weighted by molar-refractivity contribution is -0.138. The summed E-state index contributed by atoms with van der Waals surface area (Å²) in [4.78, 5) is 28.4. The second-order valence-electron chi connectivity index (χ2n) is 10.0. The molecule has 2 amide bonds. The molecule has 0 heterocycles. The molecule has 1 unspecified atom stereocenters. The fourth-order valence-corrected chi connectivity index (χ4v) is 5.95. The van der Waals surface area contributed by atoms with E-state index in [9.17, 15) is 18.0 Å². The number of nitrogens with one attached hydrogen (secondary N) is 1. The van der Waals surface area contributed by atoms with E-state index in [0.717, 1.165) is 16.3 Å². The largest absolute Gasteiger partial charge is 0.457 e. The Kier molecular flexibility index (Phi) is 10.9. The number of amides is 2. The van der Waals surface area contributed by atoms with Crippen LogP contribution in [-0.2, 0) is 26.0 Å². The molecule has 1 atom stereocenters. The Labute approximate surface area is 254 Å². The summed E-state index contributed by atoms with van der Waals surface area (Å²) in [6.45, 7) is 3.85. The van der Waals surface area contributed by atoms with Crippen molar-refractivity contribution in [2.45, 2.75) is 37.6 Å². The van der Waals surface area contributed by atoms with Crippen LogP contribution >= 0.6 is 0 Å². The molecule has 0 aromatic heterocycles. The maximum absolute atomic E-state index is 14.0. The van der Waals surface area contributed by atoms with E-state index in [-0.39, 0.29) is 17.3 Å². The van der Waals surface area contributed by atoms with Crippen molar-refractivity contribution in [2.75, 3.05) is 23.9 Å². The van der Waals surface area contributed by atoms with Crippen molar-refractivity contribution in [3.05, 3.63) is 121 Å². The summed E-state index contributed by atoms with van der Waals surface area (Å²) in [6.07, 6.45) is 1.26. The molecule has 4 rings (SSSR count). The number of ether oxygens (including phenoxy) is 1. The Bertz CT molecular complexity index is 1570. The van der Waals surface area contributed by atoms with Crippen molar-refractivity contribution in [3.63, 3.8) is 0 Å². The summed E-state index contributed by atoms with van der Waals surface area (Å²) >= 11 is 0. The van der Waals surface area contributed by atoms with Crippen molar-refractivity contribution in [3.8, 4) is 11.5 Å². The molecule has 4 aromatic carbocycles. The molecule has 0 radical (unpaired) electrons. The second kappa shape index (κ2) is 15.0. The molecular formula is C34H37N3O5S. The normalized spacial score (nSPS) is 11.8. The van der Waals surface area contributed by atoms with Crippen LogP contribution in [0.4, 0.5) is 5.69 Å². The minimum atomic E-state index is -4.14. The molecule has 0 aliphatic heterocycles. The van der Waals surface area contributed by atoms with Crippen molar-refractivity contribution < 1.29 is 22.7 Å². The van der Waals surface area contributed by atoms with Crippen molar-refractivity contribution in [1.29, 1.82) is 0 Å². The van der Waals surface area contributed by atoms with Gasteiger partial charge in [-0.1, -0.05) is 73.7 Å². The van der Waals surface area contributed by atoms with Gasteiger partial charge in [-0.25, -0.2) is 8.42 Å². The number of benzene rings is 4. The number of nitrogens with zero attached hydrogens (tertiary/aromatic N) is 2. The molecular weight excluding hydrogens is 562 g/mol. The standard InChI is InChI=1S/C34H37N3O5S/c1-3-24-35-34(39)27(2)36(25-23-28-13-7-4-8-14-28)33(38)26-37(43(40,41)32-17-11-6-12-18-32)29-19-21-31(22-20-29)42-30-15-9-5-10-16-30/h4-22,27H,3,23-26H2,1-2H3,(H,35,39). The molecule has 9 heteroatoms. The van der Waals surface area contributed by atoms with Crippen LogP contribution in [0.15, 0.2) is 120 Å². The first-order valence-electron chi connectivity index (χ1n) is 14.3. The smallest absolute Gasteiger partial charge is 0.264 e. The van der Waals surface area contributed by atoms with Gasteiger partial charge in [-0.15, -0.1) is 0 Å². The molecule has 43 heavy (non-hydrogen) atoms. The summed E-state index contributed by atoms with van der Waals surface area (Å²) in [6, 6.07) is 32.6. The molecule has 4 aromatic rings. The van der Waals surface area contributed by atoms with E-state index in [1.54, 1.807) is 49.4 Å². The van der Waals surface area contributed by atoms with Crippen LogP contribution in [-0.4, -0.2) is 50.8 Å². The zero-order valence-corrected chi connectivity index (χ0v) is 25.2. The SMILES string of the molecule is CCCNC(=O)C(C)N(CCc1ccccc1)C(=O)CN(c1ccc(Oc2ccccc2)cc1)S(=O)(=O)c1ccccc1. The maximum Gasteiger partial charge on any atom is 0.264 e. The number of hydrogen-bond donors (Lipinski definition) is 1. The molecule has 0 spiro atoms. The minimum Gasteiger partial charge on any atom is -0.457 e. The third-order valence-electron chi connectivity index (χ3n) is 6.91. The van der Waals surface area contributed by atoms with Crippen LogP contribution in [0.2, 0.25) is 0 Å². The number of rotatable bonds is 14. The second-order valence-corrected chi connectivity index (χ2v) is 11.9. The van der Waals surface area contributed by atoms with Crippen LogP contribution in [0.1, 0.15) is 25.8 Å². The average Bonchev–Trinajstić information content (AvgIpc) is 3.04. The Morgan fingerprint density at radius 1 is 0.791 bits per heavy atom. The van der Waals surface area contributed by atoms with E-state index in [2.05, 4.69) is 5.32 Å². The highest BCUT2D eigenvalue weighted by Gasteiger charge is 2.32. The van der Waals surface area contributed by atoms with E-state index < -0.39 is 28.5 Å². The molecule has 0 bridgehead atoms. The van der Waals surface area contributed by atoms with E-state index in [1.807, 2.05) is 67.6 Å². The van der Waals surface area contributed by atoms with Gasteiger partial charge in [0.05, 0.1) is 10.6 Å². The summed E-state index contributed by atoms with van der Waals surface area (Å²) in [5.41, 5.74) is 1.30. The Hall–Kier alpha value is -4.63. The number of hydrogen-bond acceptors (Lipinski definition) is 5. The van der Waals surface area contributed by atoms with Gasteiger partial charge < -0.3 is 15.0 Å². The van der Waals surface area contributed by atoms with Gasteiger partial charge in [0, 0.05) is 13.1 Å². The van der Waals surface area contributed by atoms with Gasteiger partial charge in [0.15, 0.2) is 0 Å². The first-order valence-corrected chi connectivity index (χ1v) is 15.8. The molecule has 8 nitrogen and oxygen atoms in total. The third-order valence-corrected chi connectivity index (χ3v) is 8.70. The highest BCUT2D eigenvalue weighted by molar-refractivity contribution is 7.92. The van der Waals surface area contributed by atoms with Gasteiger partial charge in [0.25, 0.3) is 10.0 Å².